The van der Waals surface area contributed by atoms with Crippen molar-refractivity contribution in [1.29, 1.82) is 0 Å². The number of rotatable bonds is 7. The normalized spacial score (nSPS) is 19.7. The molecule has 34 heavy (non-hydrogen) atoms. The van der Waals surface area contributed by atoms with Crippen LogP contribution in [-0.2, 0) is 11.3 Å². The number of hydrogen-bond donors (Lipinski definition) is 0. The first-order chi connectivity index (χ1) is 16.4. The van der Waals surface area contributed by atoms with Crippen molar-refractivity contribution in [2.24, 2.45) is 10.9 Å². The van der Waals surface area contributed by atoms with Gasteiger partial charge >= 0.3 is 6.18 Å². The van der Waals surface area contributed by atoms with E-state index in [1.165, 1.54) is 17.6 Å². The third kappa shape index (κ3) is 5.94. The number of likely N-dealkylation sites (tertiary alicyclic amines) is 1. The summed E-state index contributed by atoms with van der Waals surface area (Å²) < 4.78 is 56.6. The van der Waals surface area contributed by atoms with Crippen LogP contribution in [-0.4, -0.2) is 63.6 Å². The van der Waals surface area contributed by atoms with Gasteiger partial charge in [0, 0.05) is 18.3 Å². The van der Waals surface area contributed by atoms with Crippen molar-refractivity contribution < 1.29 is 27.4 Å². The van der Waals surface area contributed by atoms with Gasteiger partial charge in [-0.2, -0.15) is 13.2 Å². The van der Waals surface area contributed by atoms with Crippen molar-refractivity contribution in [3.8, 4) is 11.5 Å². The number of nitrogens with zero attached hydrogens (tertiary/aromatic N) is 3. The molecule has 2 aromatic carbocycles. The second kappa shape index (κ2) is 10.5. The number of hydrogen-bond acceptors (Lipinski definition) is 6. The molecule has 0 N–H and O–H groups in total. The minimum atomic E-state index is -4.42. The van der Waals surface area contributed by atoms with Gasteiger partial charge in [0.1, 0.15) is 11.5 Å². The molecule has 0 bridgehead atoms. The van der Waals surface area contributed by atoms with Crippen LogP contribution in [0.3, 0.4) is 0 Å². The van der Waals surface area contributed by atoms with Crippen LogP contribution in [0.25, 0.3) is 0 Å². The Bertz CT molecular complexity index is 991. The molecule has 2 aliphatic heterocycles. The highest BCUT2D eigenvalue weighted by molar-refractivity contribution is 5.94. The number of aliphatic imine (C=N–C) groups is 1. The van der Waals surface area contributed by atoms with Gasteiger partial charge in [0.05, 0.1) is 27.4 Å². The van der Waals surface area contributed by atoms with Gasteiger partial charge in [-0.1, -0.05) is 18.2 Å². The number of benzene rings is 2. The number of methoxy groups -OCH3 is 2. The summed E-state index contributed by atoms with van der Waals surface area (Å²) in [6, 6.07) is 13.2. The van der Waals surface area contributed by atoms with Gasteiger partial charge in [0.25, 0.3) is 6.02 Å². The second-order valence-electron chi connectivity index (χ2n) is 8.66. The van der Waals surface area contributed by atoms with Crippen molar-refractivity contribution in [3.05, 3.63) is 54.1 Å². The highest BCUT2D eigenvalue weighted by Crippen LogP contribution is 2.32. The number of piperidine rings is 1. The molecule has 2 heterocycles. The lowest BCUT2D eigenvalue weighted by atomic mass is 9.97. The monoisotopic (exact) mass is 477 g/mol. The van der Waals surface area contributed by atoms with Gasteiger partial charge in [-0.25, -0.2) is 4.99 Å². The van der Waals surface area contributed by atoms with Gasteiger partial charge in [0.15, 0.2) is 6.04 Å². The highest BCUT2D eigenvalue weighted by Gasteiger charge is 2.46. The second-order valence-corrected chi connectivity index (χ2v) is 8.66. The third-order valence-corrected chi connectivity index (χ3v) is 6.29. The molecule has 184 valence electrons. The first-order valence-corrected chi connectivity index (χ1v) is 11.4. The molecule has 1 fully saturated rings. The van der Waals surface area contributed by atoms with Gasteiger partial charge in [-0.15, -0.1) is 0 Å². The van der Waals surface area contributed by atoms with Crippen molar-refractivity contribution in [1.82, 2.24) is 4.90 Å². The Morgan fingerprint density at radius 3 is 2.32 bits per heavy atom. The van der Waals surface area contributed by atoms with Crippen molar-refractivity contribution in [3.63, 3.8) is 0 Å². The van der Waals surface area contributed by atoms with E-state index in [2.05, 4.69) is 16.0 Å². The molecular weight excluding hydrogens is 447 g/mol. The summed E-state index contributed by atoms with van der Waals surface area (Å²) >= 11 is 0. The maximum absolute atomic E-state index is 13.4. The lowest BCUT2D eigenvalue weighted by Crippen LogP contribution is -2.37. The van der Waals surface area contributed by atoms with Crippen molar-refractivity contribution in [2.45, 2.75) is 31.6 Å². The zero-order valence-corrected chi connectivity index (χ0v) is 19.4. The summed E-state index contributed by atoms with van der Waals surface area (Å²) in [6.07, 6.45) is -2.59. The summed E-state index contributed by atoms with van der Waals surface area (Å²) in [4.78, 5) is 7.74. The van der Waals surface area contributed by atoms with E-state index in [9.17, 15) is 13.2 Å². The van der Waals surface area contributed by atoms with Gasteiger partial charge < -0.3 is 14.2 Å². The van der Waals surface area contributed by atoms with Crippen LogP contribution >= 0.6 is 0 Å². The highest BCUT2D eigenvalue weighted by atomic mass is 19.4. The molecule has 9 heteroatoms. The van der Waals surface area contributed by atoms with Gasteiger partial charge in [-0.05, 0) is 61.7 Å². The quantitative estimate of drug-likeness (QED) is 0.577. The number of alkyl halides is 3. The third-order valence-electron chi connectivity index (χ3n) is 6.29. The smallest absolute Gasteiger partial charge is 0.412 e. The van der Waals surface area contributed by atoms with E-state index in [0.29, 0.717) is 18.0 Å². The Balaban J connectivity index is 1.34. The number of amidine groups is 1. The number of ether oxygens (including phenoxy) is 3. The molecule has 2 aliphatic rings. The lowest BCUT2D eigenvalue weighted by molar-refractivity contribution is -0.143. The molecule has 0 amide bonds. The van der Waals surface area contributed by atoms with Gasteiger partial charge in [-0.3, -0.25) is 9.80 Å². The summed E-state index contributed by atoms with van der Waals surface area (Å²) in [7, 11) is 3.18. The molecule has 0 radical (unpaired) electrons. The Hall–Kier alpha value is -2.94. The molecule has 0 spiro atoms. The van der Waals surface area contributed by atoms with Crippen LogP contribution in [0.1, 0.15) is 18.4 Å². The summed E-state index contributed by atoms with van der Waals surface area (Å²) in [5.74, 6) is 1.67. The Morgan fingerprint density at radius 2 is 1.65 bits per heavy atom. The van der Waals surface area contributed by atoms with E-state index in [1.54, 1.807) is 31.4 Å². The molecule has 1 saturated heterocycles. The standard InChI is InChI=1S/C25H30F3N3O3/c1-32-21-7-3-5-19(13-21)15-30-11-9-18(10-12-30)17-34-24-29-23(25(26,27)28)16-31(24)20-6-4-8-22(14-20)33-2/h3-8,13-14,18,23H,9-12,15-17H2,1-2H3. The fourth-order valence-electron chi connectivity index (χ4n) is 4.31. The van der Waals surface area contributed by atoms with E-state index < -0.39 is 12.2 Å². The van der Waals surface area contributed by atoms with E-state index in [0.717, 1.165) is 38.2 Å². The maximum atomic E-state index is 13.4. The lowest BCUT2D eigenvalue weighted by Gasteiger charge is -2.32. The first-order valence-electron chi connectivity index (χ1n) is 11.4. The molecule has 1 atom stereocenters. The zero-order valence-electron chi connectivity index (χ0n) is 19.4. The topological polar surface area (TPSA) is 46.5 Å². The SMILES string of the molecule is COc1cccc(CN2CCC(COC3=NC(C(F)(F)F)CN3c3cccc(OC)c3)CC2)c1. The Morgan fingerprint density at radius 1 is 0.971 bits per heavy atom. The molecule has 4 rings (SSSR count). The zero-order chi connectivity index (χ0) is 24.1. The van der Waals surface area contributed by atoms with E-state index in [4.69, 9.17) is 14.2 Å². The predicted molar refractivity (Wildman–Crippen MR) is 125 cm³/mol. The van der Waals surface area contributed by atoms with Crippen molar-refractivity contribution >= 4 is 11.7 Å². The van der Waals surface area contributed by atoms with Crippen LogP contribution in [0.2, 0.25) is 0 Å². The summed E-state index contributed by atoms with van der Waals surface area (Å²) in [5.41, 5.74) is 1.76. The molecule has 1 unspecified atom stereocenters. The fourth-order valence-corrected chi connectivity index (χ4v) is 4.31. The largest absolute Gasteiger partial charge is 0.497 e. The molecule has 6 nitrogen and oxygen atoms in total. The summed E-state index contributed by atoms with van der Waals surface area (Å²) in [5, 5.41) is 0. The van der Waals surface area contributed by atoms with Crippen molar-refractivity contribution in [2.75, 3.05) is 45.4 Å². The molecular formula is C25H30F3N3O3. The minimum Gasteiger partial charge on any atom is -0.497 e. The van der Waals surface area contributed by atoms with Crippen LogP contribution < -0.4 is 14.4 Å². The minimum absolute atomic E-state index is 0.0226. The molecule has 0 aromatic heterocycles. The first kappa shape index (κ1) is 24.2. The van der Waals surface area contributed by atoms with E-state index in [1.807, 2.05) is 18.2 Å². The fraction of sp³-hybridized carbons (Fsp3) is 0.480. The summed E-state index contributed by atoms with van der Waals surface area (Å²) in [6.45, 7) is 2.70. The molecule has 2 aromatic rings. The van der Waals surface area contributed by atoms with Gasteiger partial charge in [0.2, 0.25) is 0 Å². The Kier molecular flexibility index (Phi) is 7.50. The van der Waals surface area contributed by atoms with E-state index in [-0.39, 0.29) is 18.5 Å². The average molecular weight is 478 g/mol. The van der Waals surface area contributed by atoms with Crippen LogP contribution in [0.4, 0.5) is 18.9 Å². The van der Waals surface area contributed by atoms with Crippen LogP contribution in [0, 0.1) is 5.92 Å². The maximum Gasteiger partial charge on any atom is 0.412 e. The van der Waals surface area contributed by atoms with Crippen LogP contribution in [0.5, 0.6) is 11.5 Å². The molecule has 0 aliphatic carbocycles. The predicted octanol–water partition coefficient (Wildman–Crippen LogP) is 4.74. The van der Waals surface area contributed by atoms with Crippen LogP contribution in [0.15, 0.2) is 53.5 Å². The Labute approximate surface area is 197 Å². The number of halogens is 3. The molecule has 0 saturated carbocycles. The average Bonchev–Trinajstić information content (AvgIpc) is 3.29. The van der Waals surface area contributed by atoms with E-state index >= 15 is 0 Å². The number of anilines is 1.